The predicted molar refractivity (Wildman–Crippen MR) is 55.8 cm³/mol. The van der Waals surface area contributed by atoms with Crippen LogP contribution in [0.4, 0.5) is 0 Å². The fraction of sp³-hybridized carbons (Fsp3) is 0.900. The summed E-state index contributed by atoms with van der Waals surface area (Å²) in [5, 5.41) is 2.85. The van der Waals surface area contributed by atoms with Gasteiger partial charge in [0.05, 0.1) is 0 Å². The van der Waals surface area contributed by atoms with Gasteiger partial charge in [-0.1, -0.05) is 19.8 Å². The van der Waals surface area contributed by atoms with Crippen molar-refractivity contribution < 1.29 is 11.0 Å². The summed E-state index contributed by atoms with van der Waals surface area (Å²) in [5.41, 5.74) is 0. The number of hydrogen-bond acceptors (Lipinski definition) is 2. The molecular formula is C10H23NO2. The zero-order chi connectivity index (χ0) is 9.94. The molecule has 0 aliphatic rings. The Morgan fingerprint density at radius 2 is 2.00 bits per heavy atom. The molecule has 0 aromatic carbocycles. The van der Waals surface area contributed by atoms with E-state index in [0.717, 1.165) is 26.0 Å². The van der Waals surface area contributed by atoms with Crippen LogP contribution in [0, 0.1) is 0 Å². The van der Waals surface area contributed by atoms with Gasteiger partial charge in [-0.3, -0.25) is 4.79 Å². The molecule has 0 saturated carbocycles. The van der Waals surface area contributed by atoms with E-state index >= 15 is 0 Å². The first-order valence-corrected chi connectivity index (χ1v) is 5.07. The van der Waals surface area contributed by atoms with E-state index in [4.69, 9.17) is 4.74 Å². The zero-order valence-corrected chi connectivity index (χ0v) is 8.77. The van der Waals surface area contributed by atoms with E-state index in [1.165, 1.54) is 12.8 Å². The summed E-state index contributed by atoms with van der Waals surface area (Å²) in [4.78, 5) is 10.8. The summed E-state index contributed by atoms with van der Waals surface area (Å²) in [5.74, 6) is 0.150. The molecule has 1 amide bonds. The van der Waals surface area contributed by atoms with Crippen LogP contribution in [0.25, 0.3) is 0 Å². The molecule has 0 aromatic heterocycles. The van der Waals surface area contributed by atoms with Gasteiger partial charge in [0.25, 0.3) is 0 Å². The number of carbonyl (C=O) groups excluding carboxylic acids is 1. The van der Waals surface area contributed by atoms with Gasteiger partial charge >= 0.3 is 0 Å². The van der Waals surface area contributed by atoms with Gasteiger partial charge in [0, 0.05) is 28.1 Å². The maximum Gasteiger partial charge on any atom is 0.219 e. The van der Waals surface area contributed by atoms with Crippen LogP contribution in [0.1, 0.15) is 40.5 Å². The average molecular weight is 189 g/mol. The minimum absolute atomic E-state index is 0. The molecule has 80 valence electrons. The molecule has 0 aliphatic heterocycles. The molecule has 0 fully saturated rings. The number of ether oxygens (including phenoxy) is 1. The molecule has 3 heteroatoms. The normalized spacial score (nSPS) is 10.0. The fourth-order valence-corrected chi connectivity index (χ4v) is 1.08. The lowest BCUT2D eigenvalue weighted by Gasteiger charge is -2.02. The maximum absolute atomic E-state index is 10.8. The van der Waals surface area contributed by atoms with Crippen molar-refractivity contribution in [1.29, 1.82) is 0 Å². The molecule has 0 rings (SSSR count). The van der Waals surface area contributed by atoms with Gasteiger partial charge in [-0.05, 0) is 12.8 Å². The number of methoxy groups -OCH3 is 1. The van der Waals surface area contributed by atoms with Crippen molar-refractivity contribution in [1.82, 2.24) is 5.32 Å². The van der Waals surface area contributed by atoms with Crippen molar-refractivity contribution in [3.05, 3.63) is 0 Å². The topological polar surface area (TPSA) is 38.3 Å². The lowest BCUT2D eigenvalue weighted by molar-refractivity contribution is -0.120. The minimum atomic E-state index is 0. The van der Waals surface area contributed by atoms with Crippen LogP contribution >= 0.6 is 0 Å². The third-order valence-corrected chi connectivity index (χ3v) is 1.92. The van der Waals surface area contributed by atoms with Gasteiger partial charge in [-0.2, -0.15) is 0 Å². The Kier molecular flexibility index (Phi) is 9.10. The molecule has 0 unspecified atom stereocenters. The SMILES string of the molecule is CCC(=O)NCCCCCCOC.[HH]. The highest BCUT2D eigenvalue weighted by atomic mass is 16.5. The highest BCUT2D eigenvalue weighted by Crippen LogP contribution is 1.98. The van der Waals surface area contributed by atoms with Gasteiger partial charge in [0.1, 0.15) is 0 Å². The fourth-order valence-electron chi connectivity index (χ4n) is 1.08. The van der Waals surface area contributed by atoms with Crippen LogP contribution in [0.15, 0.2) is 0 Å². The van der Waals surface area contributed by atoms with E-state index in [2.05, 4.69) is 5.32 Å². The van der Waals surface area contributed by atoms with Crippen LogP contribution < -0.4 is 5.32 Å². The van der Waals surface area contributed by atoms with Crippen LogP contribution in [-0.2, 0) is 9.53 Å². The standard InChI is InChI=1S/C10H21NO2.H2/c1-3-10(12)11-8-6-4-5-7-9-13-2;/h3-9H2,1-2H3,(H,11,12);1H. The van der Waals surface area contributed by atoms with Crippen molar-refractivity contribution >= 4 is 5.91 Å². The number of amides is 1. The minimum Gasteiger partial charge on any atom is -0.385 e. The average Bonchev–Trinajstić information content (AvgIpc) is 2.16. The molecule has 1 N–H and O–H groups in total. The van der Waals surface area contributed by atoms with Gasteiger partial charge in [-0.25, -0.2) is 0 Å². The lowest BCUT2D eigenvalue weighted by atomic mass is 10.2. The summed E-state index contributed by atoms with van der Waals surface area (Å²) in [6, 6.07) is 0. The second-order valence-corrected chi connectivity index (χ2v) is 3.11. The highest BCUT2D eigenvalue weighted by molar-refractivity contribution is 5.75. The van der Waals surface area contributed by atoms with Gasteiger partial charge in [0.15, 0.2) is 0 Å². The first kappa shape index (κ1) is 12.4. The smallest absolute Gasteiger partial charge is 0.219 e. The van der Waals surface area contributed by atoms with E-state index in [1.807, 2.05) is 6.92 Å². The van der Waals surface area contributed by atoms with Gasteiger partial charge < -0.3 is 10.1 Å². The molecular weight excluding hydrogens is 166 g/mol. The molecule has 0 atom stereocenters. The Labute approximate surface area is 82.3 Å². The number of hydrogen-bond donors (Lipinski definition) is 1. The largest absolute Gasteiger partial charge is 0.385 e. The number of unbranched alkanes of at least 4 members (excludes halogenated alkanes) is 3. The van der Waals surface area contributed by atoms with Gasteiger partial charge in [0.2, 0.25) is 5.91 Å². The third-order valence-electron chi connectivity index (χ3n) is 1.92. The zero-order valence-electron chi connectivity index (χ0n) is 8.77. The molecule has 0 aliphatic carbocycles. The van der Waals surface area contributed by atoms with Crippen molar-refractivity contribution in [2.75, 3.05) is 20.3 Å². The molecule has 3 nitrogen and oxygen atoms in total. The van der Waals surface area contributed by atoms with Crippen LogP contribution in [0.2, 0.25) is 0 Å². The van der Waals surface area contributed by atoms with E-state index in [-0.39, 0.29) is 7.33 Å². The summed E-state index contributed by atoms with van der Waals surface area (Å²) in [7, 11) is 1.72. The summed E-state index contributed by atoms with van der Waals surface area (Å²) < 4.78 is 4.93. The Balaban J connectivity index is 0. The van der Waals surface area contributed by atoms with Crippen molar-refractivity contribution in [2.24, 2.45) is 0 Å². The van der Waals surface area contributed by atoms with Crippen molar-refractivity contribution in [3.8, 4) is 0 Å². The Morgan fingerprint density at radius 1 is 1.31 bits per heavy atom. The quantitative estimate of drug-likeness (QED) is 0.593. The molecule has 0 bridgehead atoms. The summed E-state index contributed by atoms with van der Waals surface area (Å²) >= 11 is 0. The van der Waals surface area contributed by atoms with Crippen LogP contribution in [-0.4, -0.2) is 26.2 Å². The van der Waals surface area contributed by atoms with E-state index in [9.17, 15) is 4.79 Å². The lowest BCUT2D eigenvalue weighted by Crippen LogP contribution is -2.23. The molecule has 0 aromatic rings. The predicted octanol–water partition coefficient (Wildman–Crippen LogP) is 1.97. The monoisotopic (exact) mass is 189 g/mol. The Morgan fingerprint density at radius 3 is 2.62 bits per heavy atom. The summed E-state index contributed by atoms with van der Waals surface area (Å²) in [6.07, 6.45) is 5.15. The van der Waals surface area contributed by atoms with Crippen molar-refractivity contribution in [3.63, 3.8) is 0 Å². The number of nitrogens with one attached hydrogen (secondary N) is 1. The van der Waals surface area contributed by atoms with Crippen LogP contribution in [0.5, 0.6) is 0 Å². The summed E-state index contributed by atoms with van der Waals surface area (Å²) in [6.45, 7) is 3.54. The Bertz CT molecular complexity index is 131. The third kappa shape index (κ3) is 9.34. The number of rotatable bonds is 8. The first-order valence-electron chi connectivity index (χ1n) is 5.07. The maximum atomic E-state index is 10.8. The molecule has 0 spiro atoms. The highest BCUT2D eigenvalue weighted by Gasteiger charge is 1.94. The Hall–Kier alpha value is -0.570. The molecule has 0 radical (unpaired) electrons. The molecule has 0 saturated heterocycles. The van der Waals surface area contributed by atoms with Gasteiger partial charge in [-0.15, -0.1) is 0 Å². The van der Waals surface area contributed by atoms with Crippen LogP contribution in [0.3, 0.4) is 0 Å². The van der Waals surface area contributed by atoms with E-state index < -0.39 is 0 Å². The second kappa shape index (κ2) is 9.52. The first-order chi connectivity index (χ1) is 6.31. The second-order valence-electron chi connectivity index (χ2n) is 3.11. The van der Waals surface area contributed by atoms with E-state index in [0.29, 0.717) is 6.42 Å². The molecule has 0 heterocycles. The number of carbonyl (C=O) groups is 1. The van der Waals surface area contributed by atoms with E-state index in [1.54, 1.807) is 7.11 Å². The van der Waals surface area contributed by atoms with Crippen molar-refractivity contribution in [2.45, 2.75) is 39.0 Å². The molecule has 13 heavy (non-hydrogen) atoms.